The molecule has 0 atom stereocenters. The molecule has 0 aliphatic rings. The average molecular weight is 242 g/mol. The van der Waals surface area contributed by atoms with E-state index in [1.165, 1.54) is 17.4 Å². The van der Waals surface area contributed by atoms with Gasteiger partial charge in [-0.25, -0.2) is 0 Å². The first-order valence-electron chi connectivity index (χ1n) is 4.59. The van der Waals surface area contributed by atoms with Gasteiger partial charge in [-0.15, -0.1) is 6.42 Å². The Morgan fingerprint density at radius 2 is 1.88 bits per heavy atom. The van der Waals surface area contributed by atoms with Crippen molar-refractivity contribution in [1.82, 2.24) is 5.32 Å². The molecule has 1 rings (SSSR count). The van der Waals surface area contributed by atoms with Gasteiger partial charge in [-0.1, -0.05) is 5.92 Å². The van der Waals surface area contributed by atoms with Gasteiger partial charge in [-0.3, -0.25) is 10.1 Å². The Kier molecular flexibility index (Phi) is 3.99. The third-order valence-electron chi connectivity index (χ3n) is 1.78. The minimum atomic E-state index is -4.49. The summed E-state index contributed by atoms with van der Waals surface area (Å²) in [5.41, 5.74) is 0.110. The van der Waals surface area contributed by atoms with Crippen LogP contribution in [0.25, 0.3) is 0 Å². The first-order valence-corrected chi connectivity index (χ1v) is 4.59. The molecule has 1 aromatic rings. The lowest BCUT2D eigenvalue weighted by Crippen LogP contribution is -2.23. The van der Waals surface area contributed by atoms with Crippen LogP contribution in [0.1, 0.15) is 10.4 Å². The summed E-state index contributed by atoms with van der Waals surface area (Å²) in [6.07, 6.45) is 0.456. The van der Waals surface area contributed by atoms with Crippen molar-refractivity contribution in [3.8, 4) is 12.3 Å². The maximum Gasteiger partial charge on any atom is 0.482 e. The summed E-state index contributed by atoms with van der Waals surface area (Å²) in [6, 6.07) is 4.89. The maximum absolute atomic E-state index is 12.0. The van der Waals surface area contributed by atoms with Gasteiger partial charge >= 0.3 is 6.30 Å². The zero-order valence-corrected chi connectivity index (χ0v) is 8.64. The number of carbonyl (C=O) groups excluding carboxylic acids is 1. The van der Waals surface area contributed by atoms with E-state index in [2.05, 4.69) is 11.2 Å². The zero-order chi connectivity index (χ0) is 12.9. The normalized spacial score (nSPS) is 10.5. The number of rotatable bonds is 3. The van der Waals surface area contributed by atoms with Crippen LogP contribution in [0, 0.1) is 12.3 Å². The van der Waals surface area contributed by atoms with Gasteiger partial charge in [0.25, 0.3) is 5.91 Å². The minimum absolute atomic E-state index is 0.0708. The summed E-state index contributed by atoms with van der Waals surface area (Å²) < 4.78 is 35.9. The maximum atomic E-state index is 12.0. The number of halogens is 3. The Morgan fingerprint density at radius 1 is 1.29 bits per heavy atom. The van der Waals surface area contributed by atoms with E-state index in [1.807, 2.05) is 0 Å². The van der Waals surface area contributed by atoms with E-state index in [-0.39, 0.29) is 17.8 Å². The van der Waals surface area contributed by atoms with Crippen LogP contribution in [0.5, 0.6) is 0 Å². The Labute approximate surface area is 96.0 Å². The van der Waals surface area contributed by atoms with E-state index in [0.717, 1.165) is 12.1 Å². The largest absolute Gasteiger partial charge is 0.482 e. The standard InChI is InChI=1S/C11H9F3N2O/c1-2-7-15-10(17)8-3-5-9(6-4-8)16-11(12,13)14/h1,3-6,16H,7H2,(H,15,17). The number of nitrogens with one attached hydrogen (secondary N) is 2. The van der Waals surface area contributed by atoms with E-state index in [9.17, 15) is 18.0 Å². The molecule has 0 aliphatic heterocycles. The molecule has 17 heavy (non-hydrogen) atoms. The molecule has 2 N–H and O–H groups in total. The summed E-state index contributed by atoms with van der Waals surface area (Å²) >= 11 is 0. The molecule has 0 aliphatic carbocycles. The highest BCUT2D eigenvalue weighted by Crippen LogP contribution is 2.19. The number of hydrogen-bond donors (Lipinski definition) is 2. The fourth-order valence-corrected chi connectivity index (χ4v) is 1.10. The van der Waals surface area contributed by atoms with Gasteiger partial charge in [0.2, 0.25) is 0 Å². The van der Waals surface area contributed by atoms with Crippen molar-refractivity contribution in [3.05, 3.63) is 29.8 Å². The van der Waals surface area contributed by atoms with Crippen molar-refractivity contribution < 1.29 is 18.0 Å². The predicted molar refractivity (Wildman–Crippen MR) is 57.3 cm³/mol. The predicted octanol–water partition coefficient (Wildman–Crippen LogP) is 1.98. The van der Waals surface area contributed by atoms with Crippen LogP contribution in [0.15, 0.2) is 24.3 Å². The van der Waals surface area contributed by atoms with Crippen LogP contribution < -0.4 is 10.6 Å². The van der Waals surface area contributed by atoms with Crippen LogP contribution in [0.3, 0.4) is 0 Å². The first kappa shape index (κ1) is 12.9. The highest BCUT2D eigenvalue weighted by Gasteiger charge is 2.26. The molecule has 0 radical (unpaired) electrons. The van der Waals surface area contributed by atoms with E-state index in [1.54, 1.807) is 0 Å². The fourth-order valence-electron chi connectivity index (χ4n) is 1.10. The molecule has 1 aromatic carbocycles. The van der Waals surface area contributed by atoms with Crippen molar-refractivity contribution >= 4 is 11.6 Å². The first-order chi connectivity index (χ1) is 7.92. The van der Waals surface area contributed by atoms with Gasteiger partial charge in [0.15, 0.2) is 0 Å². The number of hydrogen-bond acceptors (Lipinski definition) is 2. The smallest absolute Gasteiger partial charge is 0.341 e. The monoisotopic (exact) mass is 242 g/mol. The van der Waals surface area contributed by atoms with Crippen molar-refractivity contribution in [1.29, 1.82) is 0 Å². The highest BCUT2D eigenvalue weighted by atomic mass is 19.4. The van der Waals surface area contributed by atoms with Gasteiger partial charge in [-0.2, -0.15) is 13.2 Å². The Morgan fingerprint density at radius 3 is 2.35 bits per heavy atom. The second-order valence-electron chi connectivity index (χ2n) is 3.09. The lowest BCUT2D eigenvalue weighted by Gasteiger charge is -2.10. The van der Waals surface area contributed by atoms with Gasteiger partial charge < -0.3 is 5.32 Å². The summed E-state index contributed by atoms with van der Waals surface area (Å²) in [5.74, 6) is 1.79. The molecule has 0 bridgehead atoms. The number of terminal acetylenes is 1. The third kappa shape index (κ3) is 4.47. The van der Waals surface area contributed by atoms with E-state index in [4.69, 9.17) is 6.42 Å². The Balaban J connectivity index is 2.68. The Hall–Kier alpha value is -2.16. The lowest BCUT2D eigenvalue weighted by atomic mass is 10.2. The van der Waals surface area contributed by atoms with Gasteiger partial charge in [-0.05, 0) is 24.3 Å². The van der Waals surface area contributed by atoms with Crippen molar-refractivity contribution in [3.63, 3.8) is 0 Å². The summed E-state index contributed by atoms with van der Waals surface area (Å²) in [4.78, 5) is 11.4. The highest BCUT2D eigenvalue weighted by molar-refractivity contribution is 5.94. The number of amides is 1. The van der Waals surface area contributed by atoms with E-state index >= 15 is 0 Å². The molecular formula is C11H9F3N2O. The summed E-state index contributed by atoms with van der Waals surface area (Å²) in [7, 11) is 0. The van der Waals surface area contributed by atoms with Gasteiger partial charge in [0.1, 0.15) is 0 Å². The SMILES string of the molecule is C#CCNC(=O)c1ccc(NC(F)(F)F)cc1. The van der Waals surface area contributed by atoms with Crippen LogP contribution in [-0.2, 0) is 0 Å². The van der Waals surface area contributed by atoms with Crippen LogP contribution in [-0.4, -0.2) is 18.8 Å². The minimum Gasteiger partial charge on any atom is -0.341 e. The molecule has 0 saturated heterocycles. The molecule has 0 fully saturated rings. The van der Waals surface area contributed by atoms with Gasteiger partial charge in [0, 0.05) is 11.3 Å². The Bertz CT molecular complexity index is 432. The van der Waals surface area contributed by atoms with E-state index < -0.39 is 12.2 Å². The topological polar surface area (TPSA) is 41.1 Å². The number of carbonyl (C=O) groups is 1. The number of anilines is 1. The fraction of sp³-hybridized carbons (Fsp3) is 0.182. The molecule has 3 nitrogen and oxygen atoms in total. The second kappa shape index (κ2) is 5.25. The third-order valence-corrected chi connectivity index (χ3v) is 1.78. The van der Waals surface area contributed by atoms with Crippen LogP contribution in [0.2, 0.25) is 0 Å². The van der Waals surface area contributed by atoms with Crippen molar-refractivity contribution in [2.45, 2.75) is 6.30 Å². The molecule has 0 spiro atoms. The summed E-state index contributed by atoms with van der Waals surface area (Å²) in [5, 5.41) is 3.73. The van der Waals surface area contributed by atoms with Crippen LogP contribution in [0.4, 0.5) is 18.9 Å². The lowest BCUT2D eigenvalue weighted by molar-refractivity contribution is -0.0999. The second-order valence-corrected chi connectivity index (χ2v) is 3.09. The van der Waals surface area contributed by atoms with Crippen LogP contribution >= 0.6 is 0 Å². The number of benzene rings is 1. The molecule has 1 amide bonds. The molecule has 0 heterocycles. The van der Waals surface area contributed by atoms with Gasteiger partial charge in [0.05, 0.1) is 6.54 Å². The molecule has 90 valence electrons. The molecule has 0 unspecified atom stereocenters. The molecular weight excluding hydrogens is 233 g/mol. The molecule has 0 saturated carbocycles. The van der Waals surface area contributed by atoms with Crippen molar-refractivity contribution in [2.75, 3.05) is 11.9 Å². The summed E-state index contributed by atoms with van der Waals surface area (Å²) in [6.45, 7) is 0.0708. The van der Waals surface area contributed by atoms with Crippen molar-refractivity contribution in [2.24, 2.45) is 0 Å². The van der Waals surface area contributed by atoms with E-state index in [0.29, 0.717) is 0 Å². The number of alkyl halides is 3. The quantitative estimate of drug-likeness (QED) is 0.628. The molecule has 6 heteroatoms. The zero-order valence-electron chi connectivity index (χ0n) is 8.64. The average Bonchev–Trinajstić information content (AvgIpc) is 2.24. The molecule has 0 aromatic heterocycles.